The van der Waals surface area contributed by atoms with Crippen LogP contribution in [0, 0.1) is 11.8 Å². The summed E-state index contributed by atoms with van der Waals surface area (Å²) >= 11 is 0. The normalized spacial score (nSPS) is 29.0. The van der Waals surface area contributed by atoms with Gasteiger partial charge >= 0.3 is 0 Å². The van der Waals surface area contributed by atoms with Gasteiger partial charge in [0.25, 0.3) is 0 Å². The molecule has 3 aliphatic rings. The van der Waals surface area contributed by atoms with Gasteiger partial charge < -0.3 is 88.1 Å². The maximum Gasteiger partial charge on any atom is 0.248 e. The Hall–Kier alpha value is -5.54. The van der Waals surface area contributed by atoms with E-state index in [2.05, 4.69) is 47.4 Å². The number of carbonyl (C=O) groups excluding carboxylic acids is 8. The van der Waals surface area contributed by atoms with Gasteiger partial charge in [-0.25, -0.2) is 0 Å². The first kappa shape index (κ1) is 62.0. The summed E-state index contributed by atoms with van der Waals surface area (Å²) < 4.78 is 0. The minimum Gasteiger partial charge on any atom is -0.508 e. The van der Waals surface area contributed by atoms with Gasteiger partial charge in [0.15, 0.2) is 6.23 Å². The van der Waals surface area contributed by atoms with Crippen molar-refractivity contribution in [2.45, 2.75) is 203 Å². The number of unbranched alkanes of at least 4 members (excludes halogenated alkanes) is 5. The van der Waals surface area contributed by atoms with Crippen LogP contribution in [0.5, 0.6) is 5.75 Å². The Bertz CT molecular complexity index is 2100. The number of aliphatic hydroxyl groups excluding tert-OH is 8. The van der Waals surface area contributed by atoms with Crippen LogP contribution in [0.25, 0.3) is 0 Å². The van der Waals surface area contributed by atoms with E-state index in [1.54, 1.807) is 0 Å². The van der Waals surface area contributed by atoms with Crippen LogP contribution in [-0.4, -0.2) is 195 Å². The highest BCUT2D eigenvalue weighted by molar-refractivity contribution is 5.98. The quantitative estimate of drug-likeness (QED) is 0.0568. The molecule has 3 fully saturated rings. The summed E-state index contributed by atoms with van der Waals surface area (Å²) in [4.78, 5) is 112. The van der Waals surface area contributed by atoms with E-state index in [1.165, 1.54) is 6.42 Å². The molecule has 75 heavy (non-hydrogen) atoms. The summed E-state index contributed by atoms with van der Waals surface area (Å²) in [6.45, 7) is 6.57. The Balaban J connectivity index is 1.69. The second-order valence-electron chi connectivity index (χ2n) is 20.6. The van der Waals surface area contributed by atoms with Crippen LogP contribution in [0.3, 0.4) is 0 Å². The molecule has 3 heterocycles. The van der Waals surface area contributed by atoms with E-state index < -0.39 is 171 Å². The zero-order valence-electron chi connectivity index (χ0n) is 43.1. The molecule has 25 heteroatoms. The molecule has 25 nitrogen and oxygen atoms in total. The van der Waals surface area contributed by atoms with Crippen molar-refractivity contribution < 1.29 is 84.3 Å². The van der Waals surface area contributed by atoms with Crippen molar-refractivity contribution >= 4 is 47.3 Å². The van der Waals surface area contributed by atoms with Crippen molar-refractivity contribution in [3.05, 3.63) is 29.8 Å². The molecule has 16 atom stereocenters. The number of nitrogens with one attached hydrogen (secondary N) is 5. The summed E-state index contributed by atoms with van der Waals surface area (Å²) in [5.41, 5.74) is 5.21. The second-order valence-corrected chi connectivity index (χ2v) is 20.6. The molecule has 4 rings (SSSR count). The number of hydrogen-bond acceptors (Lipinski definition) is 17. The standard InChI is InChI=1S/C50H80N8O17/c1-5-25(2)18-26(3)12-10-8-6-7-9-11-13-38(66)52-32-21-36(64)47(72)56-46(71)34-20-31(62)24-58(34)50(75)40(35(63)22-37(51)65)54-48(73)41(43(68)42(67)28-14-16-29(60)17-15-28)55-45(70)33-19-30(61)23-57(33)49(74)39(27(4)59)53-44(32)69/h14-17,25-27,30-36,39-43,47,59-64,67-68,72H,5-13,18-24H2,1-4H3,(H2,51,65)(H,52,66)(H,53,69)(H,54,73)(H,55,70)(H,56,71). The minimum atomic E-state index is -2.36. The highest BCUT2D eigenvalue weighted by Crippen LogP contribution is 2.27. The fourth-order valence-electron chi connectivity index (χ4n) is 9.77. The van der Waals surface area contributed by atoms with Crippen LogP contribution in [-0.2, 0) is 38.4 Å². The number of fused-ring (bicyclic) bond motifs is 2. The van der Waals surface area contributed by atoms with Gasteiger partial charge in [-0.05, 0) is 49.3 Å². The zero-order chi connectivity index (χ0) is 55.8. The minimum absolute atomic E-state index is 0.0751. The predicted octanol–water partition coefficient (Wildman–Crippen LogP) is -3.34. The van der Waals surface area contributed by atoms with E-state index in [-0.39, 0.29) is 17.7 Å². The largest absolute Gasteiger partial charge is 0.508 e. The van der Waals surface area contributed by atoms with Crippen LogP contribution in [0.1, 0.15) is 129 Å². The molecule has 3 aliphatic heterocycles. The first-order valence-corrected chi connectivity index (χ1v) is 26.0. The number of benzene rings is 1. The topological polar surface area (TPSA) is 411 Å². The molecule has 0 radical (unpaired) electrons. The van der Waals surface area contributed by atoms with E-state index in [0.29, 0.717) is 29.6 Å². The Morgan fingerprint density at radius 2 is 1.20 bits per heavy atom. The molecule has 1 aromatic carbocycles. The van der Waals surface area contributed by atoms with Gasteiger partial charge in [-0.3, -0.25) is 38.4 Å². The van der Waals surface area contributed by atoms with E-state index >= 15 is 0 Å². The van der Waals surface area contributed by atoms with Crippen molar-refractivity contribution in [3.8, 4) is 5.75 Å². The third-order valence-corrected chi connectivity index (χ3v) is 14.3. The SMILES string of the molecule is CCC(C)CC(C)CCCCCCCCC(=O)NC1CC(O)C(O)NC(=O)C2CC(O)CN2C(=O)C(C(O)CC(N)=O)NC(=O)C(C(O)C(O)c2ccc(O)cc2)NC(=O)C2CC(O)CN2C(=O)C(C(C)O)NC1=O. The lowest BCUT2D eigenvalue weighted by atomic mass is 9.91. The fourth-order valence-corrected chi connectivity index (χ4v) is 9.77. The lowest BCUT2D eigenvalue weighted by molar-refractivity contribution is -0.148. The molecular weight excluding hydrogens is 985 g/mol. The van der Waals surface area contributed by atoms with Crippen LogP contribution in [0.2, 0.25) is 0 Å². The van der Waals surface area contributed by atoms with Crippen molar-refractivity contribution in [3.63, 3.8) is 0 Å². The van der Waals surface area contributed by atoms with Crippen LogP contribution < -0.4 is 32.3 Å². The van der Waals surface area contributed by atoms with Gasteiger partial charge in [-0.2, -0.15) is 0 Å². The first-order chi connectivity index (χ1) is 35.3. The number of phenols is 1. The van der Waals surface area contributed by atoms with Crippen molar-refractivity contribution in [1.29, 1.82) is 0 Å². The zero-order valence-corrected chi connectivity index (χ0v) is 43.1. The Kier molecular flexibility index (Phi) is 24.1. The highest BCUT2D eigenvalue weighted by atomic mass is 16.3. The second kappa shape index (κ2) is 29.1. The molecule has 1 aromatic rings. The maximum absolute atomic E-state index is 14.4. The smallest absolute Gasteiger partial charge is 0.248 e. The number of aromatic hydroxyl groups is 1. The lowest BCUT2D eigenvalue weighted by Gasteiger charge is -2.34. The van der Waals surface area contributed by atoms with Crippen LogP contribution in [0.15, 0.2) is 24.3 Å². The van der Waals surface area contributed by atoms with Crippen LogP contribution >= 0.6 is 0 Å². The fraction of sp³-hybridized carbons (Fsp3) is 0.720. The van der Waals surface area contributed by atoms with Gasteiger partial charge in [0, 0.05) is 38.8 Å². The molecule has 3 saturated heterocycles. The molecule has 0 bridgehead atoms. The molecule has 16 N–H and O–H groups in total. The number of amides is 8. The number of carbonyl (C=O) groups is 8. The van der Waals surface area contributed by atoms with Crippen molar-refractivity contribution in [1.82, 2.24) is 36.4 Å². The maximum atomic E-state index is 14.4. The summed E-state index contributed by atoms with van der Waals surface area (Å²) in [6.07, 6.45) is -10.0. The Morgan fingerprint density at radius 1 is 0.680 bits per heavy atom. The number of phenolic OH excluding ortho intramolecular Hbond substituents is 1. The Morgan fingerprint density at radius 3 is 1.76 bits per heavy atom. The van der Waals surface area contributed by atoms with E-state index in [1.807, 2.05) is 0 Å². The molecular formula is C50H80N8O17. The number of aliphatic hydroxyl groups is 8. The van der Waals surface area contributed by atoms with Crippen LogP contribution in [0.4, 0.5) is 0 Å². The highest BCUT2D eigenvalue weighted by Gasteiger charge is 2.48. The van der Waals surface area contributed by atoms with Crippen molar-refractivity contribution in [2.75, 3.05) is 13.1 Å². The van der Waals surface area contributed by atoms with Gasteiger partial charge in [0.2, 0.25) is 47.3 Å². The molecule has 8 amide bonds. The van der Waals surface area contributed by atoms with Crippen molar-refractivity contribution in [2.24, 2.45) is 17.6 Å². The monoisotopic (exact) mass is 1060 g/mol. The lowest BCUT2D eigenvalue weighted by Crippen LogP contribution is -2.64. The number of primary amides is 1. The Labute approximate surface area is 436 Å². The summed E-state index contributed by atoms with van der Waals surface area (Å²) in [6, 6.07) is -7.16. The molecule has 0 aromatic heterocycles. The predicted molar refractivity (Wildman–Crippen MR) is 265 cm³/mol. The summed E-state index contributed by atoms with van der Waals surface area (Å²) in [5.74, 6) is -8.48. The summed E-state index contributed by atoms with van der Waals surface area (Å²) in [7, 11) is 0. The van der Waals surface area contributed by atoms with Gasteiger partial charge in [-0.1, -0.05) is 77.8 Å². The average molecular weight is 1070 g/mol. The van der Waals surface area contributed by atoms with E-state index in [0.717, 1.165) is 74.6 Å². The molecule has 422 valence electrons. The van der Waals surface area contributed by atoms with Gasteiger partial charge in [0.05, 0.1) is 30.8 Å². The summed E-state index contributed by atoms with van der Waals surface area (Å²) in [5, 5.41) is 110. The number of rotatable bonds is 20. The van der Waals surface area contributed by atoms with Gasteiger partial charge in [-0.15, -0.1) is 0 Å². The first-order valence-electron chi connectivity index (χ1n) is 26.0. The number of hydrogen-bond donors (Lipinski definition) is 15. The number of nitrogens with two attached hydrogens (primary N) is 1. The third kappa shape index (κ3) is 18.0. The van der Waals surface area contributed by atoms with Gasteiger partial charge in [0.1, 0.15) is 60.3 Å². The van der Waals surface area contributed by atoms with E-state index in [9.17, 15) is 84.3 Å². The number of nitrogens with zero attached hydrogens (tertiary/aromatic N) is 2. The average Bonchev–Trinajstić information content (AvgIpc) is 3.95. The molecule has 16 unspecified atom stereocenters. The molecule has 0 aliphatic carbocycles. The molecule has 0 spiro atoms. The molecule has 0 saturated carbocycles. The third-order valence-electron chi connectivity index (χ3n) is 14.3. The van der Waals surface area contributed by atoms with E-state index in [4.69, 9.17) is 5.73 Å².